The molecule has 1 unspecified atom stereocenters. The molecule has 1 aromatic rings. The minimum absolute atomic E-state index is 0.122. The van der Waals surface area contributed by atoms with Gasteiger partial charge in [-0.25, -0.2) is 4.79 Å². The third kappa shape index (κ3) is 8.03. The summed E-state index contributed by atoms with van der Waals surface area (Å²) in [7, 11) is -1.19. The second-order valence-corrected chi connectivity index (χ2v) is 14.4. The van der Waals surface area contributed by atoms with Gasteiger partial charge in [0.2, 0.25) is 5.28 Å². The predicted octanol–water partition coefficient (Wildman–Crippen LogP) is 3.19. The van der Waals surface area contributed by atoms with Crippen LogP contribution in [0.4, 0.5) is 4.79 Å². The third-order valence-electron chi connectivity index (χ3n) is 3.43. The average molecular weight is 407 g/mol. The van der Waals surface area contributed by atoms with E-state index in [2.05, 4.69) is 35.2 Å². The fourth-order valence-corrected chi connectivity index (χ4v) is 2.89. The molecule has 0 saturated carbocycles. The maximum absolute atomic E-state index is 11.9. The van der Waals surface area contributed by atoms with Gasteiger partial charge in [0, 0.05) is 14.7 Å². The summed E-state index contributed by atoms with van der Waals surface area (Å²) in [4.78, 5) is 11.9. The van der Waals surface area contributed by atoms with Crippen molar-refractivity contribution in [2.24, 2.45) is 0 Å². The molecule has 2 N–H and O–H groups in total. The number of alkyl carbamates (subject to hydrolysis) is 1. The minimum atomic E-state index is -1.19. The van der Waals surface area contributed by atoms with Crippen LogP contribution in [0.15, 0.2) is 0 Å². The van der Waals surface area contributed by atoms with Crippen LogP contribution in [0.1, 0.15) is 39.6 Å². The number of aliphatic hydroxyl groups is 1. The fraction of sp³-hybridized carbons (Fsp3) is 0.812. The number of carbonyl (C=O) groups is 1. The van der Waals surface area contributed by atoms with Gasteiger partial charge in [0.05, 0.1) is 6.04 Å². The standard InChI is InChI=1S/C16H31ClN4O4Si/c1-11(18-15(23)25-16(2,3)4)12(22)13-19-20-14(17)21(13)10-24-8-9-26(5,6)7/h11-12,22H,8-10H2,1-7H3,(H,18,23)/t11-,12?/m0/s1. The smallest absolute Gasteiger partial charge is 0.407 e. The Hall–Kier alpha value is -1.16. The van der Waals surface area contributed by atoms with Crippen molar-refractivity contribution in [1.29, 1.82) is 0 Å². The van der Waals surface area contributed by atoms with Crippen LogP contribution in [0.2, 0.25) is 31.0 Å². The lowest BCUT2D eigenvalue weighted by atomic mass is 10.2. The molecule has 0 radical (unpaired) electrons. The number of halogens is 1. The Balaban J connectivity index is 2.68. The van der Waals surface area contributed by atoms with Crippen molar-refractivity contribution in [1.82, 2.24) is 20.1 Å². The Kier molecular flexibility index (Phi) is 8.06. The first-order chi connectivity index (χ1) is 11.8. The number of hydrogen-bond donors (Lipinski definition) is 2. The molecule has 26 heavy (non-hydrogen) atoms. The van der Waals surface area contributed by atoms with Crippen LogP contribution in [0.3, 0.4) is 0 Å². The van der Waals surface area contributed by atoms with E-state index < -0.39 is 31.9 Å². The molecular formula is C16H31ClN4O4Si. The number of nitrogens with one attached hydrogen (secondary N) is 1. The maximum Gasteiger partial charge on any atom is 0.407 e. The van der Waals surface area contributed by atoms with Crippen molar-refractivity contribution in [2.75, 3.05) is 6.61 Å². The van der Waals surface area contributed by atoms with E-state index in [1.807, 2.05) is 0 Å². The summed E-state index contributed by atoms with van der Waals surface area (Å²) in [5.74, 6) is 0.228. The number of aliphatic hydroxyl groups excluding tert-OH is 1. The van der Waals surface area contributed by atoms with Crippen LogP contribution in [0.25, 0.3) is 0 Å². The highest BCUT2D eigenvalue weighted by Gasteiger charge is 2.27. The molecule has 10 heteroatoms. The first kappa shape index (κ1) is 22.9. The van der Waals surface area contributed by atoms with Gasteiger partial charge in [-0.2, -0.15) is 0 Å². The first-order valence-corrected chi connectivity index (χ1v) is 12.7. The predicted molar refractivity (Wildman–Crippen MR) is 103 cm³/mol. The Morgan fingerprint density at radius 3 is 2.50 bits per heavy atom. The van der Waals surface area contributed by atoms with Crippen LogP contribution in [-0.4, -0.2) is 52.3 Å². The largest absolute Gasteiger partial charge is 0.444 e. The summed E-state index contributed by atoms with van der Waals surface area (Å²) in [5, 5.41) is 20.9. The molecule has 150 valence electrons. The highest BCUT2D eigenvalue weighted by Crippen LogP contribution is 2.19. The lowest BCUT2D eigenvalue weighted by Crippen LogP contribution is -2.41. The van der Waals surface area contributed by atoms with Gasteiger partial charge >= 0.3 is 6.09 Å². The quantitative estimate of drug-likeness (QED) is 0.508. The Labute approximate surface area is 161 Å². The number of hydrogen-bond acceptors (Lipinski definition) is 6. The zero-order valence-corrected chi connectivity index (χ0v) is 18.4. The molecule has 1 aromatic heterocycles. The lowest BCUT2D eigenvalue weighted by molar-refractivity contribution is 0.0401. The molecule has 0 aliphatic heterocycles. The second-order valence-electron chi connectivity index (χ2n) is 8.48. The molecule has 0 saturated heterocycles. The summed E-state index contributed by atoms with van der Waals surface area (Å²) >= 11 is 6.05. The first-order valence-electron chi connectivity index (χ1n) is 8.64. The number of nitrogens with zero attached hydrogens (tertiary/aromatic N) is 3. The molecule has 0 aliphatic carbocycles. The molecule has 0 fully saturated rings. The van der Waals surface area contributed by atoms with Crippen LogP contribution in [0, 0.1) is 0 Å². The van der Waals surface area contributed by atoms with Crippen molar-refractivity contribution in [3.05, 3.63) is 11.1 Å². The van der Waals surface area contributed by atoms with E-state index in [4.69, 9.17) is 21.1 Å². The van der Waals surface area contributed by atoms with Gasteiger partial charge in [-0.1, -0.05) is 19.6 Å². The number of aromatic nitrogens is 3. The zero-order valence-electron chi connectivity index (χ0n) is 16.7. The van der Waals surface area contributed by atoms with Crippen molar-refractivity contribution in [3.8, 4) is 0 Å². The van der Waals surface area contributed by atoms with E-state index in [9.17, 15) is 9.90 Å². The molecule has 8 nitrogen and oxygen atoms in total. The molecule has 0 aliphatic rings. The van der Waals surface area contributed by atoms with Crippen LogP contribution in [-0.2, 0) is 16.2 Å². The third-order valence-corrected chi connectivity index (χ3v) is 5.42. The second kappa shape index (κ2) is 9.16. The van der Waals surface area contributed by atoms with E-state index in [-0.39, 0.29) is 17.8 Å². The molecule has 1 heterocycles. The van der Waals surface area contributed by atoms with Gasteiger partial charge in [-0.15, -0.1) is 10.2 Å². The Morgan fingerprint density at radius 2 is 1.96 bits per heavy atom. The molecule has 1 amide bonds. The number of ether oxygens (including phenoxy) is 2. The molecule has 2 atom stereocenters. The van der Waals surface area contributed by atoms with Crippen molar-refractivity contribution >= 4 is 25.8 Å². The van der Waals surface area contributed by atoms with E-state index in [1.54, 1.807) is 27.7 Å². The van der Waals surface area contributed by atoms with Crippen molar-refractivity contribution < 1.29 is 19.4 Å². The van der Waals surface area contributed by atoms with Gasteiger partial charge in [0.25, 0.3) is 0 Å². The highest BCUT2D eigenvalue weighted by atomic mass is 35.5. The fourth-order valence-electron chi connectivity index (χ4n) is 1.96. The van der Waals surface area contributed by atoms with Crippen LogP contribution < -0.4 is 5.32 Å². The Bertz CT molecular complexity index is 598. The summed E-state index contributed by atoms with van der Waals surface area (Å²) in [6.07, 6.45) is -1.73. The monoisotopic (exact) mass is 406 g/mol. The average Bonchev–Trinajstić information content (AvgIpc) is 2.80. The van der Waals surface area contributed by atoms with Crippen molar-refractivity contribution in [3.63, 3.8) is 0 Å². The van der Waals surface area contributed by atoms with Gasteiger partial charge in [-0.3, -0.25) is 4.57 Å². The SMILES string of the molecule is C[C@H](NC(=O)OC(C)(C)C)C(O)c1nnc(Cl)n1COCC[Si](C)(C)C. The summed E-state index contributed by atoms with van der Waals surface area (Å²) in [5.41, 5.74) is -0.623. The number of carbonyl (C=O) groups excluding carboxylic acids is 1. The van der Waals surface area contributed by atoms with Crippen LogP contribution in [0.5, 0.6) is 0 Å². The molecular weight excluding hydrogens is 376 g/mol. The zero-order chi connectivity index (χ0) is 20.1. The van der Waals surface area contributed by atoms with Gasteiger partial charge in [0.1, 0.15) is 18.4 Å². The summed E-state index contributed by atoms with van der Waals surface area (Å²) in [6, 6.07) is 0.368. The highest BCUT2D eigenvalue weighted by molar-refractivity contribution is 6.76. The van der Waals surface area contributed by atoms with E-state index in [1.165, 1.54) is 4.57 Å². The molecule has 0 bridgehead atoms. The normalized spacial score (nSPS) is 14.8. The molecule has 0 spiro atoms. The summed E-state index contributed by atoms with van der Waals surface area (Å²) in [6.45, 7) is 14.5. The topological polar surface area (TPSA) is 98.5 Å². The number of amides is 1. The lowest BCUT2D eigenvalue weighted by Gasteiger charge is -2.24. The van der Waals surface area contributed by atoms with E-state index >= 15 is 0 Å². The van der Waals surface area contributed by atoms with Gasteiger partial charge in [0.15, 0.2) is 5.82 Å². The maximum atomic E-state index is 11.9. The molecule has 1 rings (SSSR count). The van der Waals surface area contributed by atoms with E-state index in [0.29, 0.717) is 6.61 Å². The minimum Gasteiger partial charge on any atom is -0.444 e. The van der Waals surface area contributed by atoms with Crippen molar-refractivity contribution in [2.45, 2.75) is 77.9 Å². The van der Waals surface area contributed by atoms with Gasteiger partial charge in [-0.05, 0) is 45.3 Å². The molecule has 0 aromatic carbocycles. The number of rotatable bonds is 8. The van der Waals surface area contributed by atoms with Gasteiger partial charge < -0.3 is 19.9 Å². The Morgan fingerprint density at radius 1 is 1.35 bits per heavy atom. The summed E-state index contributed by atoms with van der Waals surface area (Å²) < 4.78 is 12.3. The van der Waals surface area contributed by atoms with Crippen LogP contribution >= 0.6 is 11.6 Å². The van der Waals surface area contributed by atoms with E-state index in [0.717, 1.165) is 6.04 Å².